The standard InChI is InChI=1S/C26H25ClN4O2/c1-19-9-10-25-28-21(17-31(25)16-19)18-33-22-6-4-5-20(15-22)26(32)30-13-11-29(12-14-30)24-8-3-2-7-23(24)27/h2-10,15-17H,11-14,18H2,1H3. The molecule has 0 N–H and O–H groups in total. The van der Waals surface area contributed by atoms with Gasteiger partial charge in [-0.15, -0.1) is 0 Å². The number of carbonyl (C=O) groups excluding carboxylic acids is 1. The molecule has 1 fully saturated rings. The van der Waals surface area contributed by atoms with Crippen molar-refractivity contribution in [3.63, 3.8) is 0 Å². The van der Waals surface area contributed by atoms with Crippen LogP contribution in [0.25, 0.3) is 5.65 Å². The number of amides is 1. The summed E-state index contributed by atoms with van der Waals surface area (Å²) >= 11 is 6.33. The number of carbonyl (C=O) groups is 1. The first kappa shape index (κ1) is 21.3. The lowest BCUT2D eigenvalue weighted by Crippen LogP contribution is -2.48. The van der Waals surface area contributed by atoms with Crippen molar-refractivity contribution < 1.29 is 9.53 Å². The Morgan fingerprint density at radius 3 is 2.64 bits per heavy atom. The number of aryl methyl sites for hydroxylation is 1. The molecular weight excluding hydrogens is 436 g/mol. The molecule has 33 heavy (non-hydrogen) atoms. The molecule has 0 saturated carbocycles. The van der Waals surface area contributed by atoms with Crippen molar-refractivity contribution in [1.82, 2.24) is 14.3 Å². The molecule has 7 heteroatoms. The minimum Gasteiger partial charge on any atom is -0.487 e. The van der Waals surface area contributed by atoms with E-state index in [1.807, 2.05) is 82.4 Å². The van der Waals surface area contributed by atoms with Crippen LogP contribution in [0.15, 0.2) is 73.1 Å². The van der Waals surface area contributed by atoms with Crippen LogP contribution in [0.3, 0.4) is 0 Å². The van der Waals surface area contributed by atoms with Gasteiger partial charge < -0.3 is 18.9 Å². The fourth-order valence-corrected chi connectivity index (χ4v) is 4.40. The van der Waals surface area contributed by atoms with Gasteiger partial charge in [-0.25, -0.2) is 4.98 Å². The van der Waals surface area contributed by atoms with Gasteiger partial charge in [0, 0.05) is 44.1 Å². The van der Waals surface area contributed by atoms with Crippen molar-refractivity contribution in [1.29, 1.82) is 0 Å². The summed E-state index contributed by atoms with van der Waals surface area (Å²) in [5.74, 6) is 0.672. The zero-order chi connectivity index (χ0) is 22.8. The Morgan fingerprint density at radius 2 is 1.82 bits per heavy atom. The van der Waals surface area contributed by atoms with E-state index >= 15 is 0 Å². The summed E-state index contributed by atoms with van der Waals surface area (Å²) in [5, 5.41) is 0.739. The Labute approximate surface area is 198 Å². The lowest BCUT2D eigenvalue weighted by atomic mass is 10.1. The predicted octanol–water partition coefficient (Wildman–Crippen LogP) is 4.84. The first-order valence-corrected chi connectivity index (χ1v) is 11.4. The summed E-state index contributed by atoms with van der Waals surface area (Å²) in [6.07, 6.45) is 4.01. The zero-order valence-electron chi connectivity index (χ0n) is 18.4. The van der Waals surface area contributed by atoms with Crippen LogP contribution >= 0.6 is 11.6 Å². The molecule has 168 valence electrons. The van der Waals surface area contributed by atoms with E-state index in [9.17, 15) is 4.79 Å². The first-order valence-electron chi connectivity index (χ1n) is 11.0. The van der Waals surface area contributed by atoms with Crippen LogP contribution in [0, 0.1) is 6.92 Å². The fourth-order valence-electron chi connectivity index (χ4n) is 4.14. The number of halogens is 1. The summed E-state index contributed by atoms with van der Waals surface area (Å²) in [5.41, 5.74) is 4.55. The predicted molar refractivity (Wildman–Crippen MR) is 130 cm³/mol. The van der Waals surface area contributed by atoms with Gasteiger partial charge in [-0.2, -0.15) is 0 Å². The Morgan fingerprint density at radius 1 is 1.00 bits per heavy atom. The molecule has 0 aliphatic carbocycles. The van der Waals surface area contributed by atoms with Crippen molar-refractivity contribution in [3.05, 3.63) is 94.9 Å². The molecular formula is C26H25ClN4O2. The quantitative estimate of drug-likeness (QED) is 0.427. The first-order chi connectivity index (χ1) is 16.1. The van der Waals surface area contributed by atoms with Gasteiger partial charge in [-0.3, -0.25) is 4.79 Å². The minimum atomic E-state index is 0.0162. The summed E-state index contributed by atoms with van der Waals surface area (Å²) < 4.78 is 7.94. The Hall–Kier alpha value is -3.51. The molecule has 1 amide bonds. The highest BCUT2D eigenvalue weighted by Crippen LogP contribution is 2.26. The van der Waals surface area contributed by atoms with Gasteiger partial charge in [-0.05, 0) is 48.9 Å². The van der Waals surface area contributed by atoms with E-state index in [1.54, 1.807) is 0 Å². The molecule has 0 radical (unpaired) electrons. The second-order valence-electron chi connectivity index (χ2n) is 8.25. The molecule has 0 atom stereocenters. The van der Waals surface area contributed by atoms with Gasteiger partial charge >= 0.3 is 0 Å². The van der Waals surface area contributed by atoms with E-state index in [0.29, 0.717) is 31.0 Å². The number of piperazine rings is 1. The number of anilines is 1. The third kappa shape index (κ3) is 4.66. The normalized spacial score (nSPS) is 14.0. The number of hydrogen-bond acceptors (Lipinski definition) is 4. The number of rotatable bonds is 5. The fraction of sp³-hybridized carbons (Fsp3) is 0.231. The number of fused-ring (bicyclic) bond motifs is 1. The number of pyridine rings is 1. The average molecular weight is 461 g/mol. The van der Waals surface area contributed by atoms with E-state index in [4.69, 9.17) is 16.3 Å². The Bertz CT molecular complexity index is 1290. The van der Waals surface area contributed by atoms with Crippen LogP contribution in [0.2, 0.25) is 5.02 Å². The highest BCUT2D eigenvalue weighted by Gasteiger charge is 2.23. The van der Waals surface area contributed by atoms with Crippen LogP contribution in [0.4, 0.5) is 5.69 Å². The van der Waals surface area contributed by atoms with Crippen LogP contribution in [0.5, 0.6) is 5.75 Å². The lowest BCUT2D eigenvalue weighted by molar-refractivity contribution is 0.0746. The molecule has 6 nitrogen and oxygen atoms in total. The van der Waals surface area contributed by atoms with E-state index in [-0.39, 0.29) is 5.91 Å². The molecule has 0 spiro atoms. The van der Waals surface area contributed by atoms with Gasteiger partial charge in [0.15, 0.2) is 0 Å². The maximum Gasteiger partial charge on any atom is 0.254 e. The maximum atomic E-state index is 13.1. The van der Waals surface area contributed by atoms with Crippen LogP contribution in [-0.4, -0.2) is 46.4 Å². The van der Waals surface area contributed by atoms with Crippen molar-refractivity contribution in [3.8, 4) is 5.75 Å². The summed E-state index contributed by atoms with van der Waals surface area (Å²) in [6.45, 7) is 5.19. The molecule has 5 rings (SSSR count). The largest absolute Gasteiger partial charge is 0.487 e. The van der Waals surface area contributed by atoms with Crippen molar-refractivity contribution in [2.45, 2.75) is 13.5 Å². The summed E-state index contributed by atoms with van der Waals surface area (Å²) in [7, 11) is 0. The van der Waals surface area contributed by atoms with E-state index in [1.165, 1.54) is 5.56 Å². The zero-order valence-corrected chi connectivity index (χ0v) is 19.2. The number of benzene rings is 2. The van der Waals surface area contributed by atoms with Gasteiger partial charge in [-0.1, -0.05) is 35.9 Å². The third-order valence-corrected chi connectivity index (χ3v) is 6.20. The molecule has 0 unspecified atom stereocenters. The monoisotopic (exact) mass is 460 g/mol. The third-order valence-electron chi connectivity index (χ3n) is 5.88. The Kier molecular flexibility index (Phi) is 5.92. The topological polar surface area (TPSA) is 50.1 Å². The van der Waals surface area contributed by atoms with Gasteiger partial charge in [0.05, 0.1) is 16.4 Å². The Balaban J connectivity index is 1.21. The SMILES string of the molecule is Cc1ccc2nc(COc3cccc(C(=O)N4CCN(c5ccccc5Cl)CC4)c3)cn2c1. The number of para-hydroxylation sites is 1. The number of imidazole rings is 1. The van der Waals surface area contributed by atoms with Crippen LogP contribution in [-0.2, 0) is 6.61 Å². The molecule has 0 bridgehead atoms. The molecule has 1 aliphatic heterocycles. The van der Waals surface area contributed by atoms with Crippen molar-refractivity contribution in [2.75, 3.05) is 31.1 Å². The second kappa shape index (κ2) is 9.16. The number of aromatic nitrogens is 2. The van der Waals surface area contributed by atoms with Crippen LogP contribution in [0.1, 0.15) is 21.6 Å². The van der Waals surface area contributed by atoms with E-state index in [0.717, 1.165) is 35.1 Å². The minimum absolute atomic E-state index is 0.0162. The lowest BCUT2D eigenvalue weighted by Gasteiger charge is -2.36. The van der Waals surface area contributed by atoms with Gasteiger partial charge in [0.2, 0.25) is 0 Å². The van der Waals surface area contributed by atoms with Crippen molar-refractivity contribution >= 4 is 28.8 Å². The highest BCUT2D eigenvalue weighted by molar-refractivity contribution is 6.33. The smallest absolute Gasteiger partial charge is 0.254 e. The summed E-state index contributed by atoms with van der Waals surface area (Å²) in [6, 6.07) is 19.2. The molecule has 4 aromatic rings. The number of nitrogens with zero attached hydrogens (tertiary/aromatic N) is 4. The van der Waals surface area contributed by atoms with Gasteiger partial charge in [0.25, 0.3) is 5.91 Å². The maximum absolute atomic E-state index is 13.1. The highest BCUT2D eigenvalue weighted by atomic mass is 35.5. The molecule has 2 aromatic heterocycles. The number of ether oxygens (including phenoxy) is 1. The molecule has 2 aromatic carbocycles. The second-order valence-corrected chi connectivity index (χ2v) is 8.66. The van der Waals surface area contributed by atoms with Gasteiger partial charge in [0.1, 0.15) is 18.0 Å². The molecule has 1 aliphatic rings. The summed E-state index contributed by atoms with van der Waals surface area (Å²) in [4.78, 5) is 21.8. The van der Waals surface area contributed by atoms with E-state index < -0.39 is 0 Å². The average Bonchev–Trinajstić information content (AvgIpc) is 3.25. The van der Waals surface area contributed by atoms with E-state index in [2.05, 4.69) is 16.8 Å². The van der Waals surface area contributed by atoms with Crippen molar-refractivity contribution in [2.24, 2.45) is 0 Å². The number of hydrogen-bond donors (Lipinski definition) is 0. The van der Waals surface area contributed by atoms with Crippen LogP contribution < -0.4 is 9.64 Å². The molecule has 1 saturated heterocycles. The molecule has 3 heterocycles.